The van der Waals surface area contributed by atoms with Crippen LogP contribution in [0.3, 0.4) is 0 Å². The molecule has 3 atom stereocenters. The van der Waals surface area contributed by atoms with Crippen LogP contribution >= 0.6 is 0 Å². The van der Waals surface area contributed by atoms with Gasteiger partial charge >= 0.3 is 5.97 Å². The van der Waals surface area contributed by atoms with Gasteiger partial charge in [0.25, 0.3) is 5.91 Å². The van der Waals surface area contributed by atoms with Gasteiger partial charge in [0.15, 0.2) is 0 Å². The molecule has 2 aliphatic rings. The van der Waals surface area contributed by atoms with Crippen LogP contribution in [0.4, 0.5) is 0 Å². The number of nitrogens with zero attached hydrogens (tertiary/aromatic N) is 2. The molecule has 106 valence electrons. The van der Waals surface area contributed by atoms with E-state index in [9.17, 15) is 9.59 Å². The summed E-state index contributed by atoms with van der Waals surface area (Å²) in [5.41, 5.74) is 0.578. The summed E-state index contributed by atoms with van der Waals surface area (Å²) < 4.78 is 4.91. The smallest absolute Gasteiger partial charge is 0.328 e. The molecule has 1 aliphatic carbocycles. The maximum atomic E-state index is 12.6. The largest absolute Gasteiger partial charge is 0.467 e. The van der Waals surface area contributed by atoms with Crippen LogP contribution < -0.4 is 0 Å². The highest BCUT2D eigenvalue weighted by molar-refractivity contribution is 5.97. The van der Waals surface area contributed by atoms with Crippen molar-refractivity contribution in [2.45, 2.75) is 25.3 Å². The Labute approximate surface area is 117 Å². The summed E-state index contributed by atoms with van der Waals surface area (Å²) in [6.45, 7) is 0.658. The molecule has 5 nitrogen and oxygen atoms in total. The normalized spacial score (nSPS) is 28.2. The van der Waals surface area contributed by atoms with Crippen molar-refractivity contribution in [2.75, 3.05) is 13.7 Å². The first-order chi connectivity index (χ1) is 9.72. The molecule has 3 rings (SSSR count). The highest BCUT2D eigenvalue weighted by Gasteiger charge is 2.50. The lowest BCUT2D eigenvalue weighted by atomic mass is 9.94. The third kappa shape index (κ3) is 2.07. The molecule has 1 aromatic rings. The number of hydrogen-bond acceptors (Lipinski definition) is 4. The minimum absolute atomic E-state index is 0.0998. The van der Waals surface area contributed by atoms with Gasteiger partial charge in [-0.1, -0.05) is 6.42 Å². The topological polar surface area (TPSA) is 59.5 Å². The SMILES string of the molecule is COC(=O)[C@@H]1[C@@H]2CCC[C@H]2CN1C(=O)c1ccncc1. The van der Waals surface area contributed by atoms with E-state index in [2.05, 4.69) is 4.98 Å². The van der Waals surface area contributed by atoms with Crippen LogP contribution in [-0.2, 0) is 9.53 Å². The number of esters is 1. The summed E-state index contributed by atoms with van der Waals surface area (Å²) in [6.07, 6.45) is 6.43. The van der Waals surface area contributed by atoms with Gasteiger partial charge in [-0.05, 0) is 36.8 Å². The molecule has 1 amide bonds. The van der Waals surface area contributed by atoms with Gasteiger partial charge in [-0.2, -0.15) is 0 Å². The van der Waals surface area contributed by atoms with E-state index in [1.54, 1.807) is 29.4 Å². The maximum Gasteiger partial charge on any atom is 0.328 e. The summed E-state index contributed by atoms with van der Waals surface area (Å²) in [5.74, 6) is 0.303. The van der Waals surface area contributed by atoms with Crippen LogP contribution in [0, 0.1) is 11.8 Å². The number of fused-ring (bicyclic) bond motifs is 1. The zero-order chi connectivity index (χ0) is 14.1. The number of carbonyl (C=O) groups excluding carboxylic acids is 2. The van der Waals surface area contributed by atoms with Crippen molar-refractivity contribution in [1.82, 2.24) is 9.88 Å². The first-order valence-electron chi connectivity index (χ1n) is 7.01. The Bertz CT molecular complexity index is 517. The van der Waals surface area contributed by atoms with E-state index in [1.165, 1.54) is 7.11 Å². The van der Waals surface area contributed by atoms with Gasteiger partial charge in [0.1, 0.15) is 6.04 Å². The number of ether oxygens (including phenoxy) is 1. The summed E-state index contributed by atoms with van der Waals surface area (Å²) in [5, 5.41) is 0. The quantitative estimate of drug-likeness (QED) is 0.767. The molecule has 0 spiro atoms. The zero-order valence-corrected chi connectivity index (χ0v) is 11.5. The number of hydrogen-bond donors (Lipinski definition) is 0. The molecule has 0 radical (unpaired) electrons. The van der Waals surface area contributed by atoms with E-state index < -0.39 is 6.04 Å². The van der Waals surface area contributed by atoms with Gasteiger partial charge in [-0.3, -0.25) is 9.78 Å². The van der Waals surface area contributed by atoms with Crippen molar-refractivity contribution in [3.63, 3.8) is 0 Å². The predicted octanol–water partition coefficient (Wildman–Crippen LogP) is 1.50. The third-order valence-electron chi connectivity index (χ3n) is 4.52. The average molecular weight is 274 g/mol. The van der Waals surface area contributed by atoms with E-state index in [0.717, 1.165) is 19.3 Å². The maximum absolute atomic E-state index is 12.6. The second-order valence-corrected chi connectivity index (χ2v) is 5.52. The van der Waals surface area contributed by atoms with E-state index in [-0.39, 0.29) is 17.8 Å². The minimum Gasteiger partial charge on any atom is -0.467 e. The minimum atomic E-state index is -0.423. The summed E-state index contributed by atoms with van der Waals surface area (Å²) >= 11 is 0. The molecule has 1 aromatic heterocycles. The fourth-order valence-electron chi connectivity index (χ4n) is 3.60. The van der Waals surface area contributed by atoms with Gasteiger partial charge in [0.05, 0.1) is 7.11 Å². The molecule has 0 aromatic carbocycles. The fourth-order valence-corrected chi connectivity index (χ4v) is 3.60. The Kier molecular flexibility index (Phi) is 3.42. The first-order valence-corrected chi connectivity index (χ1v) is 7.01. The van der Waals surface area contributed by atoms with E-state index in [0.29, 0.717) is 18.0 Å². The molecule has 20 heavy (non-hydrogen) atoms. The Morgan fingerprint density at radius 2 is 2.05 bits per heavy atom. The first kappa shape index (κ1) is 13.1. The number of carbonyl (C=O) groups is 2. The van der Waals surface area contributed by atoms with Gasteiger partial charge in [-0.25, -0.2) is 4.79 Å². The molecule has 0 N–H and O–H groups in total. The number of amides is 1. The van der Waals surface area contributed by atoms with Crippen LogP contribution in [0.1, 0.15) is 29.6 Å². The second-order valence-electron chi connectivity index (χ2n) is 5.52. The molecule has 1 aliphatic heterocycles. The number of pyridine rings is 1. The van der Waals surface area contributed by atoms with Crippen molar-refractivity contribution < 1.29 is 14.3 Å². The predicted molar refractivity (Wildman–Crippen MR) is 71.9 cm³/mol. The van der Waals surface area contributed by atoms with Crippen LogP contribution in [0.2, 0.25) is 0 Å². The van der Waals surface area contributed by atoms with E-state index in [1.807, 2.05) is 0 Å². The van der Waals surface area contributed by atoms with Crippen LogP contribution in [0.25, 0.3) is 0 Å². The Morgan fingerprint density at radius 1 is 1.30 bits per heavy atom. The molecule has 2 heterocycles. The van der Waals surface area contributed by atoms with Gasteiger partial charge in [0, 0.05) is 24.5 Å². The monoisotopic (exact) mass is 274 g/mol. The second kappa shape index (κ2) is 5.23. The standard InChI is InChI=1S/C15H18N2O3/c1-20-15(19)13-12-4-2-3-11(12)9-17(13)14(18)10-5-7-16-8-6-10/h5-8,11-13H,2-4,9H2,1H3/t11-,12+,13-/m0/s1. The lowest BCUT2D eigenvalue weighted by molar-refractivity contribution is -0.146. The Balaban J connectivity index is 1.88. The van der Waals surface area contributed by atoms with Gasteiger partial charge < -0.3 is 9.64 Å². The number of aromatic nitrogens is 1. The van der Waals surface area contributed by atoms with Crippen molar-refractivity contribution in [2.24, 2.45) is 11.8 Å². The van der Waals surface area contributed by atoms with Crippen molar-refractivity contribution in [3.05, 3.63) is 30.1 Å². The van der Waals surface area contributed by atoms with Crippen LogP contribution in [-0.4, -0.2) is 41.5 Å². The van der Waals surface area contributed by atoms with Gasteiger partial charge in [0.2, 0.25) is 0 Å². The van der Waals surface area contributed by atoms with E-state index >= 15 is 0 Å². The van der Waals surface area contributed by atoms with Crippen LogP contribution in [0.5, 0.6) is 0 Å². The molecule has 5 heteroatoms. The number of methoxy groups -OCH3 is 1. The zero-order valence-electron chi connectivity index (χ0n) is 11.5. The molecule has 1 saturated heterocycles. The lowest BCUT2D eigenvalue weighted by Crippen LogP contribution is -2.43. The van der Waals surface area contributed by atoms with Crippen molar-refractivity contribution >= 4 is 11.9 Å². The van der Waals surface area contributed by atoms with Crippen LogP contribution in [0.15, 0.2) is 24.5 Å². The number of likely N-dealkylation sites (tertiary alicyclic amines) is 1. The third-order valence-corrected chi connectivity index (χ3v) is 4.52. The highest BCUT2D eigenvalue weighted by Crippen LogP contribution is 2.42. The van der Waals surface area contributed by atoms with Crippen molar-refractivity contribution in [3.8, 4) is 0 Å². The Hall–Kier alpha value is -1.91. The lowest BCUT2D eigenvalue weighted by Gasteiger charge is -2.25. The number of rotatable bonds is 2. The summed E-state index contributed by atoms with van der Waals surface area (Å²) in [7, 11) is 1.39. The molecule has 0 unspecified atom stereocenters. The van der Waals surface area contributed by atoms with Crippen molar-refractivity contribution in [1.29, 1.82) is 0 Å². The summed E-state index contributed by atoms with van der Waals surface area (Å²) in [6, 6.07) is 2.95. The van der Waals surface area contributed by atoms with Gasteiger partial charge in [-0.15, -0.1) is 0 Å². The molecular formula is C15H18N2O3. The molecule has 0 bridgehead atoms. The molecule has 1 saturated carbocycles. The molecular weight excluding hydrogens is 256 g/mol. The Morgan fingerprint density at radius 3 is 2.75 bits per heavy atom. The van der Waals surface area contributed by atoms with E-state index in [4.69, 9.17) is 4.74 Å². The molecule has 2 fully saturated rings. The summed E-state index contributed by atoms with van der Waals surface area (Å²) in [4.78, 5) is 30.3. The average Bonchev–Trinajstić information content (AvgIpc) is 3.07. The fraction of sp³-hybridized carbons (Fsp3) is 0.533. The highest BCUT2D eigenvalue weighted by atomic mass is 16.5.